The van der Waals surface area contributed by atoms with Gasteiger partial charge >= 0.3 is 6.09 Å². The first-order valence-corrected chi connectivity index (χ1v) is 15.8. The Morgan fingerprint density at radius 1 is 0.894 bits per heavy atom. The van der Waals surface area contributed by atoms with E-state index in [1.165, 1.54) is 9.80 Å². The number of ether oxygens (including phenoxy) is 1. The Kier molecular flexibility index (Phi) is 13.6. The normalized spacial score (nSPS) is 15.9. The number of aliphatic imine (C=N–C) groups is 1. The highest BCUT2D eigenvalue weighted by Crippen LogP contribution is 2.21. The first kappa shape index (κ1) is 38.8. The summed E-state index contributed by atoms with van der Waals surface area (Å²) in [4.78, 5) is 77.8. The molecule has 1 heterocycles. The monoisotopic (exact) mass is 658 g/mol. The SMILES string of the molecule is CN(C)C(=O)[C@H](Cc1ccccc1)NC(=O)C(C)(C)NC(=O)[C@H]1CCCN1C(=O)[C@H](CN=C(N(C)C)N(C)C)NC(=O)OC(C)(C)C. The number of nitrogens with one attached hydrogen (secondary N) is 3. The van der Waals surface area contributed by atoms with Crippen LogP contribution in [0.3, 0.4) is 0 Å². The molecule has 5 amide bonds. The van der Waals surface area contributed by atoms with Crippen molar-refractivity contribution in [3.05, 3.63) is 35.9 Å². The van der Waals surface area contributed by atoms with Gasteiger partial charge in [-0.25, -0.2) is 4.79 Å². The Balaban J connectivity index is 2.25. The van der Waals surface area contributed by atoms with Crippen molar-refractivity contribution in [3.63, 3.8) is 0 Å². The molecule has 3 N–H and O–H groups in total. The maximum absolute atomic E-state index is 13.9. The molecule has 262 valence electrons. The second-order valence-electron chi connectivity index (χ2n) is 13.9. The van der Waals surface area contributed by atoms with E-state index >= 15 is 0 Å². The fourth-order valence-corrected chi connectivity index (χ4v) is 5.14. The predicted octanol–water partition coefficient (Wildman–Crippen LogP) is 1.06. The van der Waals surface area contributed by atoms with Crippen LogP contribution in [-0.4, -0.2) is 140 Å². The van der Waals surface area contributed by atoms with Crippen LogP contribution in [0.4, 0.5) is 4.79 Å². The van der Waals surface area contributed by atoms with Crippen LogP contribution >= 0.6 is 0 Å². The Morgan fingerprint density at radius 2 is 1.49 bits per heavy atom. The molecule has 1 aliphatic rings. The van der Waals surface area contributed by atoms with Crippen LogP contribution in [0.1, 0.15) is 53.0 Å². The van der Waals surface area contributed by atoms with Crippen LogP contribution in [0.5, 0.6) is 0 Å². The molecule has 0 aliphatic carbocycles. The molecule has 2 rings (SSSR count). The van der Waals surface area contributed by atoms with E-state index in [4.69, 9.17) is 4.74 Å². The molecule has 1 aromatic carbocycles. The lowest BCUT2D eigenvalue weighted by molar-refractivity contribution is -0.142. The van der Waals surface area contributed by atoms with E-state index < -0.39 is 53.1 Å². The number of guanidine groups is 1. The molecule has 47 heavy (non-hydrogen) atoms. The van der Waals surface area contributed by atoms with Crippen molar-refractivity contribution in [1.82, 2.24) is 35.6 Å². The van der Waals surface area contributed by atoms with E-state index in [0.29, 0.717) is 18.8 Å². The van der Waals surface area contributed by atoms with E-state index in [-0.39, 0.29) is 25.4 Å². The van der Waals surface area contributed by atoms with Gasteiger partial charge in [0.05, 0.1) is 6.54 Å². The summed E-state index contributed by atoms with van der Waals surface area (Å²) in [5.74, 6) is -1.26. The standard InChI is InChI=1S/C33H54N8O6/c1-32(2,3)47-31(46)36-24(21-34-30(39(8)9)40(10)11)28(44)41-19-15-18-25(41)26(42)37-33(4,5)29(45)35-23(27(43)38(6)7)20-22-16-13-12-14-17-22/h12-14,16-17,23-25H,15,18-21H2,1-11H3,(H,35,45)(H,36,46)(H,37,42)/t23-,24-,25+/m0/s1. The van der Waals surface area contributed by atoms with Crippen molar-refractivity contribution >= 4 is 35.7 Å². The number of amides is 5. The predicted molar refractivity (Wildman–Crippen MR) is 181 cm³/mol. The zero-order valence-electron chi connectivity index (χ0n) is 29.8. The molecule has 1 fully saturated rings. The average Bonchev–Trinajstić information content (AvgIpc) is 3.45. The van der Waals surface area contributed by atoms with Gasteiger partial charge in [0.2, 0.25) is 23.6 Å². The fraction of sp³-hybridized carbons (Fsp3) is 0.636. The van der Waals surface area contributed by atoms with Crippen molar-refractivity contribution < 1.29 is 28.7 Å². The number of likely N-dealkylation sites (N-methyl/N-ethyl adjacent to an activating group) is 1. The lowest BCUT2D eigenvalue weighted by atomic mass is 10.00. The summed E-state index contributed by atoms with van der Waals surface area (Å²) in [6.45, 7) is 8.44. The third-order valence-electron chi connectivity index (χ3n) is 7.37. The second kappa shape index (κ2) is 16.5. The molecule has 14 nitrogen and oxygen atoms in total. The first-order valence-electron chi connectivity index (χ1n) is 15.8. The number of hydrogen-bond acceptors (Lipinski definition) is 7. The number of nitrogens with zero attached hydrogens (tertiary/aromatic N) is 5. The highest BCUT2D eigenvalue weighted by Gasteiger charge is 2.41. The molecule has 0 radical (unpaired) electrons. The van der Waals surface area contributed by atoms with E-state index in [1.807, 2.05) is 58.5 Å². The molecule has 0 aromatic heterocycles. The molecule has 14 heteroatoms. The third-order valence-corrected chi connectivity index (χ3v) is 7.37. The summed E-state index contributed by atoms with van der Waals surface area (Å²) < 4.78 is 5.41. The molecule has 0 unspecified atom stereocenters. The smallest absolute Gasteiger partial charge is 0.408 e. The number of likely N-dealkylation sites (tertiary alicyclic amines) is 1. The van der Waals surface area contributed by atoms with Crippen molar-refractivity contribution in [3.8, 4) is 0 Å². The number of hydrogen-bond donors (Lipinski definition) is 3. The minimum atomic E-state index is -1.42. The Bertz CT molecular complexity index is 1280. The van der Waals surface area contributed by atoms with Gasteiger partial charge in [-0.05, 0) is 53.0 Å². The third kappa shape index (κ3) is 11.7. The quantitative estimate of drug-likeness (QED) is 0.236. The summed E-state index contributed by atoms with van der Waals surface area (Å²) >= 11 is 0. The van der Waals surface area contributed by atoms with E-state index in [2.05, 4.69) is 20.9 Å². The molecule has 3 atom stereocenters. The summed E-state index contributed by atoms with van der Waals surface area (Å²) in [5.41, 5.74) is -1.34. The number of benzene rings is 1. The lowest BCUT2D eigenvalue weighted by Gasteiger charge is -2.33. The van der Waals surface area contributed by atoms with Gasteiger partial charge in [0.25, 0.3) is 0 Å². The summed E-state index contributed by atoms with van der Waals surface area (Å²) in [5, 5.41) is 8.24. The van der Waals surface area contributed by atoms with Crippen LogP contribution < -0.4 is 16.0 Å². The van der Waals surface area contributed by atoms with Crippen LogP contribution in [0, 0.1) is 0 Å². The van der Waals surface area contributed by atoms with Crippen LogP contribution in [0.25, 0.3) is 0 Å². The van der Waals surface area contributed by atoms with Crippen molar-refractivity contribution in [2.75, 3.05) is 55.4 Å². The zero-order chi connectivity index (χ0) is 35.7. The number of alkyl carbamates (subject to hydrolysis) is 1. The first-order chi connectivity index (χ1) is 21.7. The van der Waals surface area contributed by atoms with E-state index in [0.717, 1.165) is 5.56 Å². The largest absolute Gasteiger partial charge is 0.444 e. The Morgan fingerprint density at radius 3 is 2.02 bits per heavy atom. The van der Waals surface area contributed by atoms with Gasteiger partial charge in [0, 0.05) is 55.3 Å². The van der Waals surface area contributed by atoms with Gasteiger partial charge in [-0.1, -0.05) is 30.3 Å². The maximum atomic E-state index is 13.9. The minimum absolute atomic E-state index is 0.0920. The summed E-state index contributed by atoms with van der Waals surface area (Å²) in [6, 6.07) is 6.49. The summed E-state index contributed by atoms with van der Waals surface area (Å²) in [6.07, 6.45) is 0.415. The number of carbonyl (C=O) groups is 5. The van der Waals surface area contributed by atoms with Crippen LogP contribution in [0.2, 0.25) is 0 Å². The highest BCUT2D eigenvalue weighted by molar-refractivity contribution is 5.97. The van der Waals surface area contributed by atoms with E-state index in [1.54, 1.807) is 58.5 Å². The second-order valence-corrected chi connectivity index (χ2v) is 13.9. The van der Waals surface area contributed by atoms with Crippen LogP contribution in [0.15, 0.2) is 35.3 Å². The molecule has 1 aromatic rings. The van der Waals surface area contributed by atoms with Crippen LogP contribution in [-0.2, 0) is 30.3 Å². The van der Waals surface area contributed by atoms with Crippen molar-refractivity contribution in [2.24, 2.45) is 4.99 Å². The van der Waals surface area contributed by atoms with Gasteiger partial charge < -0.3 is 40.3 Å². The molecule has 0 bridgehead atoms. The van der Waals surface area contributed by atoms with Gasteiger partial charge in [-0.2, -0.15) is 0 Å². The van der Waals surface area contributed by atoms with E-state index in [9.17, 15) is 24.0 Å². The molecular weight excluding hydrogens is 604 g/mol. The molecule has 1 aliphatic heterocycles. The highest BCUT2D eigenvalue weighted by atomic mass is 16.6. The minimum Gasteiger partial charge on any atom is -0.444 e. The van der Waals surface area contributed by atoms with Gasteiger partial charge in [0.15, 0.2) is 5.96 Å². The van der Waals surface area contributed by atoms with Gasteiger partial charge in [0.1, 0.15) is 29.3 Å². The zero-order valence-corrected chi connectivity index (χ0v) is 29.8. The van der Waals surface area contributed by atoms with Gasteiger partial charge in [-0.15, -0.1) is 0 Å². The van der Waals surface area contributed by atoms with Gasteiger partial charge in [-0.3, -0.25) is 24.2 Å². The van der Waals surface area contributed by atoms with Crippen molar-refractivity contribution in [2.45, 2.75) is 83.1 Å². The van der Waals surface area contributed by atoms with Crippen molar-refractivity contribution in [1.29, 1.82) is 0 Å². The fourth-order valence-electron chi connectivity index (χ4n) is 5.14. The average molecular weight is 659 g/mol. The number of carbonyl (C=O) groups excluding carboxylic acids is 5. The lowest BCUT2D eigenvalue weighted by Crippen LogP contribution is -2.62. The molecule has 0 saturated carbocycles. The molecule has 1 saturated heterocycles. The number of rotatable bonds is 11. The molecular formula is C33H54N8O6. The maximum Gasteiger partial charge on any atom is 0.408 e. The Labute approximate surface area is 279 Å². The summed E-state index contributed by atoms with van der Waals surface area (Å²) in [7, 11) is 10.5. The molecule has 0 spiro atoms. The topological polar surface area (TPSA) is 156 Å². The Hall–Kier alpha value is -4.36.